The maximum Gasteiger partial charge on any atom is 0.337 e. The SMILES string of the molecule is COC(=O)c1ccc(Sc2ccc(CN3CCC(N4C(=O)N(C5CCOCC5)C[C@H]4c4ccccc4)CC3)cn2)cc1. The lowest BCUT2D eigenvalue weighted by Crippen LogP contribution is -2.48. The molecule has 6 rings (SSSR count). The molecule has 0 aliphatic carbocycles. The zero-order chi connectivity index (χ0) is 28.9. The van der Waals surface area contributed by atoms with E-state index in [-0.39, 0.29) is 30.1 Å². The summed E-state index contributed by atoms with van der Waals surface area (Å²) in [5.41, 5.74) is 2.95. The van der Waals surface area contributed by atoms with Gasteiger partial charge >= 0.3 is 12.0 Å². The fourth-order valence-corrected chi connectivity index (χ4v) is 7.12. The number of methoxy groups -OCH3 is 1. The molecular weight excluding hydrogens is 548 g/mol. The second kappa shape index (κ2) is 13.3. The van der Waals surface area contributed by atoms with E-state index >= 15 is 0 Å². The van der Waals surface area contributed by atoms with Crippen LogP contribution in [0.2, 0.25) is 0 Å². The average Bonchev–Trinajstić information content (AvgIpc) is 3.40. The lowest BCUT2D eigenvalue weighted by atomic mass is 9.99. The van der Waals surface area contributed by atoms with Crippen molar-refractivity contribution < 1.29 is 19.1 Å². The zero-order valence-electron chi connectivity index (χ0n) is 24.1. The van der Waals surface area contributed by atoms with E-state index in [0.29, 0.717) is 5.56 Å². The molecule has 9 heteroatoms. The largest absolute Gasteiger partial charge is 0.465 e. The highest BCUT2D eigenvalue weighted by Crippen LogP contribution is 2.37. The van der Waals surface area contributed by atoms with E-state index in [1.807, 2.05) is 24.4 Å². The topological polar surface area (TPSA) is 75.2 Å². The van der Waals surface area contributed by atoms with Crippen molar-refractivity contribution in [2.24, 2.45) is 0 Å². The van der Waals surface area contributed by atoms with Crippen LogP contribution in [0.25, 0.3) is 0 Å². The molecule has 42 heavy (non-hydrogen) atoms. The van der Waals surface area contributed by atoms with Gasteiger partial charge in [0.2, 0.25) is 0 Å². The van der Waals surface area contributed by atoms with Crippen LogP contribution in [0, 0.1) is 0 Å². The zero-order valence-corrected chi connectivity index (χ0v) is 24.9. The van der Waals surface area contributed by atoms with Crippen LogP contribution in [0.4, 0.5) is 4.79 Å². The standard InChI is InChI=1S/C33H38N4O4S/c1-40-32(38)26-8-10-29(11-9-26)42-31-12-7-24(21-34-31)22-35-17-13-28(14-18-35)37-30(25-5-3-2-4-6-25)23-36(33(37)39)27-15-19-41-20-16-27/h2-12,21,27-28,30H,13-20,22-23H2,1H3/t30-/m0/s1. The van der Waals surface area contributed by atoms with Crippen LogP contribution in [0.5, 0.6) is 0 Å². The first-order valence-electron chi connectivity index (χ1n) is 14.8. The van der Waals surface area contributed by atoms with Gasteiger partial charge in [-0.15, -0.1) is 0 Å². The van der Waals surface area contributed by atoms with Crippen molar-refractivity contribution in [1.82, 2.24) is 19.7 Å². The Morgan fingerprint density at radius 1 is 0.952 bits per heavy atom. The van der Waals surface area contributed by atoms with Crippen molar-refractivity contribution in [3.63, 3.8) is 0 Å². The van der Waals surface area contributed by atoms with Gasteiger partial charge in [-0.25, -0.2) is 14.6 Å². The minimum absolute atomic E-state index is 0.101. The van der Waals surface area contributed by atoms with Crippen LogP contribution in [0.3, 0.4) is 0 Å². The molecule has 0 N–H and O–H groups in total. The molecule has 220 valence electrons. The summed E-state index contributed by atoms with van der Waals surface area (Å²) in [5, 5.41) is 0.914. The molecule has 0 radical (unpaired) electrons. The Kier molecular flexibility index (Phi) is 9.07. The third kappa shape index (κ3) is 6.48. The van der Waals surface area contributed by atoms with Gasteiger partial charge in [-0.2, -0.15) is 0 Å². The number of hydrogen-bond acceptors (Lipinski definition) is 7. The number of likely N-dealkylation sites (tertiary alicyclic amines) is 1. The molecule has 0 spiro atoms. The number of urea groups is 1. The summed E-state index contributed by atoms with van der Waals surface area (Å²) < 4.78 is 10.4. The van der Waals surface area contributed by atoms with Gasteiger partial charge in [0.15, 0.2) is 0 Å². The summed E-state index contributed by atoms with van der Waals surface area (Å²) >= 11 is 1.57. The number of carbonyl (C=O) groups is 2. The molecule has 1 atom stereocenters. The number of ether oxygens (including phenoxy) is 2. The van der Waals surface area contributed by atoms with Crippen molar-refractivity contribution in [2.75, 3.05) is 40.0 Å². The third-order valence-corrected chi connectivity index (χ3v) is 9.60. The van der Waals surface area contributed by atoms with Crippen molar-refractivity contribution in [3.8, 4) is 0 Å². The van der Waals surface area contributed by atoms with Crippen LogP contribution in [0.15, 0.2) is 82.8 Å². The molecule has 2 amide bonds. The molecule has 0 unspecified atom stereocenters. The summed E-state index contributed by atoms with van der Waals surface area (Å²) in [7, 11) is 1.39. The molecule has 1 aromatic heterocycles. The predicted octanol–water partition coefficient (Wildman–Crippen LogP) is 5.64. The Morgan fingerprint density at radius 2 is 1.69 bits per heavy atom. The number of pyridine rings is 1. The molecule has 4 heterocycles. The first-order valence-corrected chi connectivity index (χ1v) is 15.7. The van der Waals surface area contributed by atoms with Crippen molar-refractivity contribution in [3.05, 3.63) is 89.6 Å². The van der Waals surface area contributed by atoms with E-state index in [2.05, 4.69) is 56.1 Å². The highest BCUT2D eigenvalue weighted by Gasteiger charge is 2.45. The van der Waals surface area contributed by atoms with Gasteiger partial charge in [-0.05, 0) is 67.1 Å². The summed E-state index contributed by atoms with van der Waals surface area (Å²) in [6.45, 7) is 5.00. The van der Waals surface area contributed by atoms with Crippen molar-refractivity contribution in [2.45, 2.75) is 60.3 Å². The van der Waals surface area contributed by atoms with E-state index < -0.39 is 0 Å². The normalized spacial score (nSPS) is 20.7. The number of rotatable bonds is 8. The fourth-order valence-electron chi connectivity index (χ4n) is 6.36. The minimum atomic E-state index is -0.335. The number of carbonyl (C=O) groups excluding carboxylic acids is 2. The molecule has 3 fully saturated rings. The van der Waals surface area contributed by atoms with Gasteiger partial charge in [0.05, 0.1) is 18.7 Å². The van der Waals surface area contributed by atoms with E-state index in [0.717, 1.165) is 75.0 Å². The Balaban J connectivity index is 1.05. The number of esters is 1. The molecule has 8 nitrogen and oxygen atoms in total. The molecule has 2 aromatic carbocycles. The molecule has 0 saturated carbocycles. The maximum atomic E-state index is 13.9. The lowest BCUT2D eigenvalue weighted by Gasteiger charge is -2.39. The number of aromatic nitrogens is 1. The summed E-state index contributed by atoms with van der Waals surface area (Å²) in [5.74, 6) is -0.335. The summed E-state index contributed by atoms with van der Waals surface area (Å²) in [4.78, 5) is 38.0. The van der Waals surface area contributed by atoms with Crippen LogP contribution >= 0.6 is 11.8 Å². The van der Waals surface area contributed by atoms with E-state index in [4.69, 9.17) is 9.47 Å². The van der Waals surface area contributed by atoms with Gasteiger partial charge in [-0.3, -0.25) is 4.90 Å². The molecule has 3 aliphatic heterocycles. The van der Waals surface area contributed by atoms with E-state index in [9.17, 15) is 9.59 Å². The quantitative estimate of drug-likeness (QED) is 0.316. The maximum absolute atomic E-state index is 13.9. The highest BCUT2D eigenvalue weighted by atomic mass is 32.2. The molecule has 3 aliphatic rings. The number of benzene rings is 2. The number of hydrogen-bond donors (Lipinski definition) is 0. The van der Waals surface area contributed by atoms with Gasteiger partial charge in [0.25, 0.3) is 0 Å². The first-order chi connectivity index (χ1) is 20.6. The lowest BCUT2D eigenvalue weighted by molar-refractivity contribution is 0.0493. The second-order valence-electron chi connectivity index (χ2n) is 11.2. The van der Waals surface area contributed by atoms with Gasteiger partial charge in [-0.1, -0.05) is 48.2 Å². The smallest absolute Gasteiger partial charge is 0.337 e. The molecule has 3 aromatic rings. The Bertz CT molecular complexity index is 1340. The van der Waals surface area contributed by atoms with Crippen LogP contribution in [-0.4, -0.2) is 83.7 Å². The fraction of sp³-hybridized carbons (Fsp3) is 0.424. The monoisotopic (exact) mass is 586 g/mol. The van der Waals surface area contributed by atoms with E-state index in [1.165, 1.54) is 18.2 Å². The average molecular weight is 587 g/mol. The van der Waals surface area contributed by atoms with Gasteiger partial charge < -0.3 is 19.3 Å². The Labute approximate surface area is 252 Å². The van der Waals surface area contributed by atoms with Gasteiger partial charge in [0, 0.05) is 62.6 Å². The number of piperidine rings is 1. The Hall–Kier alpha value is -3.40. The highest BCUT2D eigenvalue weighted by molar-refractivity contribution is 7.99. The van der Waals surface area contributed by atoms with Crippen LogP contribution in [-0.2, 0) is 16.0 Å². The van der Waals surface area contributed by atoms with Crippen molar-refractivity contribution in [1.29, 1.82) is 0 Å². The van der Waals surface area contributed by atoms with Crippen LogP contribution in [0.1, 0.15) is 53.2 Å². The molecular formula is C33H38N4O4S. The molecule has 0 bridgehead atoms. The Morgan fingerprint density at radius 3 is 2.36 bits per heavy atom. The third-order valence-electron chi connectivity index (χ3n) is 8.64. The second-order valence-corrected chi connectivity index (χ2v) is 12.3. The minimum Gasteiger partial charge on any atom is -0.465 e. The summed E-state index contributed by atoms with van der Waals surface area (Å²) in [6, 6.07) is 22.9. The van der Waals surface area contributed by atoms with Crippen LogP contribution < -0.4 is 0 Å². The summed E-state index contributed by atoms with van der Waals surface area (Å²) in [6.07, 6.45) is 5.75. The van der Waals surface area contributed by atoms with E-state index in [1.54, 1.807) is 23.9 Å². The van der Waals surface area contributed by atoms with Gasteiger partial charge in [0.1, 0.15) is 5.03 Å². The number of nitrogens with zero attached hydrogens (tertiary/aromatic N) is 4. The molecule has 3 saturated heterocycles. The number of amides is 2. The first kappa shape index (κ1) is 28.7. The predicted molar refractivity (Wildman–Crippen MR) is 161 cm³/mol. The van der Waals surface area contributed by atoms with Crippen molar-refractivity contribution >= 4 is 23.8 Å².